The fourth-order valence-electron chi connectivity index (χ4n) is 3.00. The molecule has 1 aromatic carbocycles. The van der Waals surface area contributed by atoms with Crippen LogP contribution >= 0.6 is 12.4 Å². The van der Waals surface area contributed by atoms with Gasteiger partial charge in [0.05, 0.1) is 0 Å². The lowest BCUT2D eigenvalue weighted by atomic mass is 10.1. The van der Waals surface area contributed by atoms with E-state index < -0.39 is 0 Å². The van der Waals surface area contributed by atoms with Crippen LogP contribution in [0.3, 0.4) is 0 Å². The van der Waals surface area contributed by atoms with Crippen molar-refractivity contribution in [2.75, 3.05) is 29.9 Å². The van der Waals surface area contributed by atoms with E-state index >= 15 is 0 Å². The standard InChI is InChI=1S/C16H22N4O2.ClH/c21-15(7-6-12-4-2-8-17-12)19-13-3-1-5-14(11-13)20-10-9-18-16(20)22;/h1,3,5,11-12,17H,2,4,6-10H2,(H,18,22)(H,19,21);1H. The van der Waals surface area contributed by atoms with Gasteiger partial charge in [-0.3, -0.25) is 9.69 Å². The van der Waals surface area contributed by atoms with E-state index in [0.717, 1.165) is 30.8 Å². The van der Waals surface area contributed by atoms with Crippen LogP contribution in [0.5, 0.6) is 0 Å². The van der Waals surface area contributed by atoms with Crippen LogP contribution < -0.4 is 20.9 Å². The molecule has 2 fully saturated rings. The molecule has 0 radical (unpaired) electrons. The zero-order chi connectivity index (χ0) is 15.4. The summed E-state index contributed by atoms with van der Waals surface area (Å²) in [6, 6.07) is 7.82. The maximum absolute atomic E-state index is 12.0. The van der Waals surface area contributed by atoms with Crippen molar-refractivity contribution in [1.82, 2.24) is 10.6 Å². The van der Waals surface area contributed by atoms with Gasteiger partial charge >= 0.3 is 6.03 Å². The molecular formula is C16H23ClN4O2. The lowest BCUT2D eigenvalue weighted by Gasteiger charge is -2.16. The Hall–Kier alpha value is -1.79. The van der Waals surface area contributed by atoms with Gasteiger partial charge in [-0.25, -0.2) is 4.79 Å². The molecule has 1 aromatic rings. The number of nitrogens with one attached hydrogen (secondary N) is 3. The molecule has 0 aliphatic carbocycles. The first-order valence-electron chi connectivity index (χ1n) is 7.91. The molecule has 1 unspecified atom stereocenters. The van der Waals surface area contributed by atoms with Gasteiger partial charge in [0.25, 0.3) is 0 Å². The van der Waals surface area contributed by atoms with Crippen LogP contribution in [0.2, 0.25) is 0 Å². The predicted octanol–water partition coefficient (Wildman–Crippen LogP) is 2.11. The van der Waals surface area contributed by atoms with Crippen LogP contribution in [0.4, 0.5) is 16.2 Å². The van der Waals surface area contributed by atoms with Crippen molar-refractivity contribution in [3.8, 4) is 0 Å². The minimum Gasteiger partial charge on any atom is -0.336 e. The number of hydrogen-bond donors (Lipinski definition) is 3. The maximum Gasteiger partial charge on any atom is 0.321 e. The summed E-state index contributed by atoms with van der Waals surface area (Å²) in [5, 5.41) is 9.09. The second-order valence-corrected chi connectivity index (χ2v) is 5.81. The molecule has 2 saturated heterocycles. The molecule has 3 amide bonds. The monoisotopic (exact) mass is 338 g/mol. The predicted molar refractivity (Wildman–Crippen MR) is 93.3 cm³/mol. The van der Waals surface area contributed by atoms with Crippen LogP contribution in [-0.4, -0.2) is 37.6 Å². The Morgan fingerprint density at radius 3 is 2.91 bits per heavy atom. The molecule has 7 heteroatoms. The van der Waals surface area contributed by atoms with E-state index in [1.54, 1.807) is 4.90 Å². The van der Waals surface area contributed by atoms with Gasteiger partial charge < -0.3 is 16.0 Å². The summed E-state index contributed by atoms with van der Waals surface area (Å²) in [4.78, 5) is 25.4. The van der Waals surface area contributed by atoms with Gasteiger partial charge in [0, 0.05) is 36.9 Å². The van der Waals surface area contributed by atoms with Gasteiger partial charge in [-0.1, -0.05) is 6.07 Å². The number of hydrogen-bond acceptors (Lipinski definition) is 3. The lowest BCUT2D eigenvalue weighted by molar-refractivity contribution is -0.116. The molecule has 2 aliphatic heterocycles. The highest BCUT2D eigenvalue weighted by Crippen LogP contribution is 2.21. The summed E-state index contributed by atoms with van der Waals surface area (Å²) in [6.07, 6.45) is 3.76. The molecular weight excluding hydrogens is 316 g/mol. The molecule has 2 aliphatic rings. The van der Waals surface area contributed by atoms with E-state index in [0.29, 0.717) is 25.6 Å². The highest BCUT2D eigenvalue weighted by molar-refractivity contribution is 5.96. The van der Waals surface area contributed by atoms with Crippen LogP contribution in [-0.2, 0) is 4.79 Å². The molecule has 2 heterocycles. The first-order valence-corrected chi connectivity index (χ1v) is 7.91. The number of rotatable bonds is 5. The molecule has 0 aromatic heterocycles. The Morgan fingerprint density at radius 2 is 2.22 bits per heavy atom. The smallest absolute Gasteiger partial charge is 0.321 e. The van der Waals surface area contributed by atoms with Crippen molar-refractivity contribution in [3.63, 3.8) is 0 Å². The van der Waals surface area contributed by atoms with Crippen molar-refractivity contribution < 1.29 is 9.59 Å². The molecule has 126 valence electrons. The third-order valence-corrected chi connectivity index (χ3v) is 4.18. The second-order valence-electron chi connectivity index (χ2n) is 5.81. The minimum atomic E-state index is -0.0872. The molecule has 23 heavy (non-hydrogen) atoms. The third kappa shape index (κ3) is 4.59. The first-order chi connectivity index (χ1) is 10.7. The quantitative estimate of drug-likeness (QED) is 0.770. The number of amides is 3. The normalized spacial score (nSPS) is 20.1. The number of urea groups is 1. The van der Waals surface area contributed by atoms with Gasteiger partial charge in [-0.05, 0) is 44.0 Å². The Morgan fingerprint density at radius 1 is 1.35 bits per heavy atom. The fourth-order valence-corrected chi connectivity index (χ4v) is 3.00. The summed E-state index contributed by atoms with van der Waals surface area (Å²) in [5.41, 5.74) is 1.55. The summed E-state index contributed by atoms with van der Waals surface area (Å²) in [6.45, 7) is 2.37. The van der Waals surface area contributed by atoms with Crippen LogP contribution in [0, 0.1) is 0 Å². The number of benzene rings is 1. The summed E-state index contributed by atoms with van der Waals surface area (Å²) in [5.74, 6) is 0.0247. The fraction of sp³-hybridized carbons (Fsp3) is 0.500. The summed E-state index contributed by atoms with van der Waals surface area (Å²) >= 11 is 0. The number of halogens is 1. The molecule has 0 bridgehead atoms. The average molecular weight is 339 g/mol. The highest BCUT2D eigenvalue weighted by atomic mass is 35.5. The number of nitrogens with zero attached hydrogens (tertiary/aromatic N) is 1. The van der Waals surface area contributed by atoms with Gasteiger partial charge in [-0.15, -0.1) is 12.4 Å². The zero-order valence-electron chi connectivity index (χ0n) is 13.0. The molecule has 3 N–H and O–H groups in total. The summed E-state index contributed by atoms with van der Waals surface area (Å²) in [7, 11) is 0. The van der Waals surface area contributed by atoms with Crippen molar-refractivity contribution in [1.29, 1.82) is 0 Å². The van der Waals surface area contributed by atoms with Crippen molar-refractivity contribution in [3.05, 3.63) is 24.3 Å². The van der Waals surface area contributed by atoms with E-state index in [4.69, 9.17) is 0 Å². The number of anilines is 2. The summed E-state index contributed by atoms with van der Waals surface area (Å²) < 4.78 is 0. The zero-order valence-corrected chi connectivity index (χ0v) is 13.8. The van der Waals surface area contributed by atoms with Gasteiger partial charge in [0.1, 0.15) is 0 Å². The average Bonchev–Trinajstić information content (AvgIpc) is 3.16. The lowest BCUT2D eigenvalue weighted by Crippen LogP contribution is -2.27. The molecule has 3 rings (SSSR count). The second kappa shape index (κ2) is 8.17. The van der Waals surface area contributed by atoms with Gasteiger partial charge in [0.15, 0.2) is 0 Å². The van der Waals surface area contributed by atoms with Crippen LogP contribution in [0.1, 0.15) is 25.7 Å². The molecule has 0 spiro atoms. The molecule has 1 atom stereocenters. The van der Waals surface area contributed by atoms with E-state index in [1.807, 2.05) is 24.3 Å². The molecule has 0 saturated carbocycles. The minimum absolute atomic E-state index is 0. The van der Waals surface area contributed by atoms with Crippen molar-refractivity contribution in [2.24, 2.45) is 0 Å². The molecule has 6 nitrogen and oxygen atoms in total. The van der Waals surface area contributed by atoms with Crippen LogP contribution in [0.15, 0.2) is 24.3 Å². The Kier molecular flexibility index (Phi) is 6.24. The number of carbonyl (C=O) groups excluding carboxylic acids is 2. The Balaban J connectivity index is 0.00000192. The van der Waals surface area contributed by atoms with E-state index in [9.17, 15) is 9.59 Å². The van der Waals surface area contributed by atoms with Gasteiger partial charge in [0.2, 0.25) is 5.91 Å². The van der Waals surface area contributed by atoms with Gasteiger partial charge in [-0.2, -0.15) is 0 Å². The Bertz CT molecular complexity index is 561. The topological polar surface area (TPSA) is 73.5 Å². The van der Waals surface area contributed by atoms with E-state index in [-0.39, 0.29) is 24.3 Å². The van der Waals surface area contributed by atoms with E-state index in [2.05, 4.69) is 16.0 Å². The number of carbonyl (C=O) groups is 2. The van der Waals surface area contributed by atoms with E-state index in [1.165, 1.54) is 6.42 Å². The third-order valence-electron chi connectivity index (χ3n) is 4.18. The maximum atomic E-state index is 12.0. The van der Waals surface area contributed by atoms with Crippen molar-refractivity contribution in [2.45, 2.75) is 31.7 Å². The SMILES string of the molecule is Cl.O=C(CCC1CCCN1)Nc1cccc(N2CCNC2=O)c1. The first kappa shape index (κ1) is 17.6. The van der Waals surface area contributed by atoms with Crippen molar-refractivity contribution >= 4 is 35.7 Å². The van der Waals surface area contributed by atoms with Crippen LogP contribution in [0.25, 0.3) is 0 Å². The Labute approximate surface area is 142 Å². The largest absolute Gasteiger partial charge is 0.336 e. The highest BCUT2D eigenvalue weighted by Gasteiger charge is 2.21.